The van der Waals surface area contributed by atoms with Crippen LogP contribution in [0.5, 0.6) is 5.75 Å². The highest BCUT2D eigenvalue weighted by Crippen LogP contribution is 2.37. The first-order chi connectivity index (χ1) is 12.9. The van der Waals surface area contributed by atoms with Crippen molar-refractivity contribution in [3.05, 3.63) is 47.8 Å². The molecule has 7 nitrogen and oxygen atoms in total. The standard InChI is InChI=1S/C20H24N4O3/c1-22-10-6-5-9-15(22)19(20(26)27-4)21-24(3)17-12-14-8-7-11-23(2)16(14)13-18(17)25/h5-6,9-10,12-13H,7-8,11H2,1-4H3/p+1. The van der Waals surface area contributed by atoms with E-state index in [1.54, 1.807) is 23.7 Å². The number of fused-ring (bicyclic) bond motifs is 1. The zero-order chi connectivity index (χ0) is 19.6. The minimum Gasteiger partial charge on any atom is -0.506 e. The third-order valence-electron chi connectivity index (χ3n) is 4.80. The molecule has 2 aromatic rings. The van der Waals surface area contributed by atoms with Gasteiger partial charge in [-0.25, -0.2) is 4.79 Å². The van der Waals surface area contributed by atoms with E-state index in [4.69, 9.17) is 4.74 Å². The second kappa shape index (κ2) is 7.65. The van der Waals surface area contributed by atoms with Crippen LogP contribution in [0.3, 0.4) is 0 Å². The Morgan fingerprint density at radius 2 is 2.15 bits per heavy atom. The number of phenolic OH excluding ortho intramolecular Hbond substituents is 1. The molecule has 0 bridgehead atoms. The molecular formula is C20H25N4O3+. The summed E-state index contributed by atoms with van der Waals surface area (Å²) in [7, 11) is 6.89. The van der Waals surface area contributed by atoms with Crippen LogP contribution < -0.4 is 14.5 Å². The average Bonchev–Trinajstić information content (AvgIpc) is 2.66. The number of hydrogen-bond acceptors (Lipinski definition) is 6. The maximum absolute atomic E-state index is 12.3. The summed E-state index contributed by atoms with van der Waals surface area (Å²) in [5.74, 6) is -0.420. The number of benzene rings is 1. The normalized spacial score (nSPS) is 13.9. The van der Waals surface area contributed by atoms with Gasteiger partial charge in [-0.05, 0) is 30.5 Å². The number of aromatic nitrogens is 1. The Hall–Kier alpha value is -3.09. The van der Waals surface area contributed by atoms with Crippen LogP contribution in [0.4, 0.5) is 11.4 Å². The van der Waals surface area contributed by atoms with Crippen molar-refractivity contribution >= 4 is 23.1 Å². The van der Waals surface area contributed by atoms with Gasteiger partial charge in [0.2, 0.25) is 11.4 Å². The van der Waals surface area contributed by atoms with E-state index in [-0.39, 0.29) is 11.5 Å². The van der Waals surface area contributed by atoms with E-state index in [1.165, 1.54) is 12.1 Å². The summed E-state index contributed by atoms with van der Waals surface area (Å²) in [4.78, 5) is 14.5. The smallest absolute Gasteiger partial charge is 0.365 e. The van der Waals surface area contributed by atoms with Crippen molar-refractivity contribution in [3.63, 3.8) is 0 Å². The lowest BCUT2D eigenvalue weighted by Gasteiger charge is -2.29. The number of esters is 1. The van der Waals surface area contributed by atoms with Gasteiger partial charge < -0.3 is 14.7 Å². The van der Waals surface area contributed by atoms with Gasteiger partial charge in [0.1, 0.15) is 18.5 Å². The van der Waals surface area contributed by atoms with Crippen LogP contribution in [-0.2, 0) is 23.0 Å². The molecule has 142 valence electrons. The van der Waals surface area contributed by atoms with Gasteiger partial charge in [-0.15, -0.1) is 0 Å². The number of hydrazone groups is 1. The van der Waals surface area contributed by atoms with Gasteiger partial charge in [0.15, 0.2) is 6.20 Å². The van der Waals surface area contributed by atoms with E-state index in [2.05, 4.69) is 10.0 Å². The summed E-state index contributed by atoms with van der Waals surface area (Å²) in [6.45, 7) is 0.969. The first kappa shape index (κ1) is 18.7. The zero-order valence-electron chi connectivity index (χ0n) is 16.1. The molecule has 0 saturated carbocycles. The fraction of sp³-hybridized carbons (Fsp3) is 0.350. The number of anilines is 2. The van der Waals surface area contributed by atoms with E-state index in [1.807, 2.05) is 38.5 Å². The van der Waals surface area contributed by atoms with E-state index in [0.717, 1.165) is 30.6 Å². The van der Waals surface area contributed by atoms with Crippen molar-refractivity contribution in [2.45, 2.75) is 12.8 Å². The van der Waals surface area contributed by atoms with Crippen molar-refractivity contribution < 1.29 is 19.2 Å². The van der Waals surface area contributed by atoms with Crippen LogP contribution in [0.15, 0.2) is 41.6 Å². The number of nitrogens with zero attached hydrogens (tertiary/aromatic N) is 4. The largest absolute Gasteiger partial charge is 0.506 e. The molecule has 3 rings (SSSR count). The number of carbonyl (C=O) groups excluding carboxylic acids is 1. The SMILES string of the molecule is COC(=O)/C(=N\N(C)c1cc2c(cc1O)N(C)CCC2)c1cccc[n+]1C. The van der Waals surface area contributed by atoms with Crippen LogP contribution in [0.2, 0.25) is 0 Å². The summed E-state index contributed by atoms with van der Waals surface area (Å²) < 4.78 is 6.71. The number of pyridine rings is 1. The summed E-state index contributed by atoms with van der Waals surface area (Å²) in [5, 5.41) is 16.5. The molecule has 0 radical (unpaired) electrons. The number of phenols is 1. The number of hydrogen-bond donors (Lipinski definition) is 1. The molecule has 0 saturated heterocycles. The van der Waals surface area contributed by atoms with Crippen molar-refractivity contribution in [2.75, 3.05) is 37.7 Å². The van der Waals surface area contributed by atoms with E-state index in [0.29, 0.717) is 11.4 Å². The zero-order valence-corrected chi connectivity index (χ0v) is 16.1. The highest BCUT2D eigenvalue weighted by Gasteiger charge is 2.25. The highest BCUT2D eigenvalue weighted by atomic mass is 16.5. The molecule has 7 heteroatoms. The number of rotatable bonds is 4. The first-order valence-electron chi connectivity index (χ1n) is 8.85. The molecule has 27 heavy (non-hydrogen) atoms. The van der Waals surface area contributed by atoms with Gasteiger partial charge in [-0.3, -0.25) is 5.01 Å². The number of carbonyl (C=O) groups is 1. The maximum Gasteiger partial charge on any atom is 0.365 e. The Bertz CT molecular complexity index is 895. The van der Waals surface area contributed by atoms with Crippen molar-refractivity contribution in [1.82, 2.24) is 0 Å². The minimum absolute atomic E-state index is 0.121. The summed E-state index contributed by atoms with van der Waals surface area (Å²) in [6, 6.07) is 9.19. The van der Waals surface area contributed by atoms with Gasteiger partial charge >= 0.3 is 5.97 Å². The molecule has 1 aliphatic rings. The summed E-state index contributed by atoms with van der Waals surface area (Å²) in [6.07, 6.45) is 3.84. The van der Waals surface area contributed by atoms with Crippen molar-refractivity contribution in [2.24, 2.45) is 12.1 Å². The molecule has 1 aromatic heterocycles. The number of aryl methyl sites for hydroxylation is 2. The number of ether oxygens (including phenoxy) is 1. The predicted octanol–water partition coefficient (Wildman–Crippen LogP) is 1.61. The molecule has 0 fully saturated rings. The third-order valence-corrected chi connectivity index (χ3v) is 4.80. The molecule has 0 atom stereocenters. The molecular weight excluding hydrogens is 344 g/mol. The quantitative estimate of drug-likeness (QED) is 0.384. The van der Waals surface area contributed by atoms with Crippen LogP contribution >= 0.6 is 0 Å². The van der Waals surface area contributed by atoms with Crippen LogP contribution in [0, 0.1) is 0 Å². The van der Waals surface area contributed by atoms with Crippen LogP contribution in [0.25, 0.3) is 0 Å². The monoisotopic (exact) mass is 369 g/mol. The van der Waals surface area contributed by atoms with Gasteiger partial charge in [-0.2, -0.15) is 9.67 Å². The Morgan fingerprint density at radius 1 is 1.37 bits per heavy atom. The number of aromatic hydroxyl groups is 1. The third kappa shape index (κ3) is 3.72. The lowest BCUT2D eigenvalue weighted by molar-refractivity contribution is -0.672. The molecule has 0 amide bonds. The van der Waals surface area contributed by atoms with Crippen LogP contribution in [-0.4, -0.2) is 44.5 Å². The van der Waals surface area contributed by atoms with Gasteiger partial charge in [0, 0.05) is 44.5 Å². The average molecular weight is 369 g/mol. The van der Waals surface area contributed by atoms with E-state index in [9.17, 15) is 9.90 Å². The summed E-state index contributed by atoms with van der Waals surface area (Å²) >= 11 is 0. The summed E-state index contributed by atoms with van der Waals surface area (Å²) in [5.41, 5.74) is 3.51. The Kier molecular flexibility index (Phi) is 5.30. The second-order valence-corrected chi connectivity index (χ2v) is 6.66. The van der Waals surface area contributed by atoms with Gasteiger partial charge in [-0.1, -0.05) is 0 Å². The minimum atomic E-state index is -0.541. The molecule has 0 aliphatic carbocycles. The fourth-order valence-corrected chi connectivity index (χ4v) is 3.32. The molecule has 1 aliphatic heterocycles. The molecule has 2 heterocycles. The Labute approximate surface area is 159 Å². The molecule has 0 unspecified atom stereocenters. The van der Waals surface area contributed by atoms with Crippen molar-refractivity contribution in [1.29, 1.82) is 0 Å². The Balaban J connectivity index is 2.04. The van der Waals surface area contributed by atoms with Crippen LogP contribution in [0.1, 0.15) is 17.7 Å². The number of methoxy groups -OCH3 is 1. The Morgan fingerprint density at radius 3 is 2.85 bits per heavy atom. The van der Waals surface area contributed by atoms with Gasteiger partial charge in [0.05, 0.1) is 7.11 Å². The molecule has 1 aromatic carbocycles. The van der Waals surface area contributed by atoms with E-state index >= 15 is 0 Å². The maximum atomic E-state index is 12.3. The van der Waals surface area contributed by atoms with Gasteiger partial charge in [0.25, 0.3) is 0 Å². The lowest BCUT2D eigenvalue weighted by Crippen LogP contribution is -2.39. The topological polar surface area (TPSA) is 69.2 Å². The first-order valence-corrected chi connectivity index (χ1v) is 8.85. The lowest BCUT2D eigenvalue weighted by atomic mass is 10.0. The van der Waals surface area contributed by atoms with E-state index < -0.39 is 5.97 Å². The highest BCUT2D eigenvalue weighted by molar-refractivity contribution is 6.42. The second-order valence-electron chi connectivity index (χ2n) is 6.66. The predicted molar refractivity (Wildman–Crippen MR) is 104 cm³/mol. The molecule has 0 spiro atoms. The molecule has 1 N–H and O–H groups in total. The fourth-order valence-electron chi connectivity index (χ4n) is 3.32. The van der Waals surface area contributed by atoms with Crippen molar-refractivity contribution in [3.8, 4) is 5.75 Å².